The number of anilines is 2. The van der Waals surface area contributed by atoms with Crippen molar-refractivity contribution in [3.63, 3.8) is 0 Å². The van der Waals surface area contributed by atoms with E-state index in [0.29, 0.717) is 6.04 Å². The van der Waals surface area contributed by atoms with Gasteiger partial charge in [0.1, 0.15) is 5.52 Å². The molecule has 1 aromatic heterocycles. The SMILES string of the molecule is CN(C)C1CCN(c2nc3cc(N)ccc3o2)CC1. The van der Waals surface area contributed by atoms with Crippen LogP contribution in [0.5, 0.6) is 0 Å². The normalized spacial score (nSPS) is 17.5. The van der Waals surface area contributed by atoms with Crippen molar-refractivity contribution in [3.05, 3.63) is 18.2 Å². The molecule has 1 aliphatic heterocycles. The van der Waals surface area contributed by atoms with Crippen LogP contribution in [-0.2, 0) is 0 Å². The number of benzene rings is 1. The summed E-state index contributed by atoms with van der Waals surface area (Å²) in [6.07, 6.45) is 2.29. The summed E-state index contributed by atoms with van der Waals surface area (Å²) in [4.78, 5) is 9.05. The van der Waals surface area contributed by atoms with Crippen molar-refractivity contribution in [3.8, 4) is 0 Å². The van der Waals surface area contributed by atoms with E-state index in [-0.39, 0.29) is 0 Å². The third-order valence-electron chi connectivity index (χ3n) is 3.87. The molecule has 0 radical (unpaired) electrons. The van der Waals surface area contributed by atoms with Crippen LogP contribution in [0.2, 0.25) is 0 Å². The minimum absolute atomic E-state index is 0.663. The Morgan fingerprint density at radius 2 is 2.05 bits per heavy atom. The Kier molecular flexibility index (Phi) is 3.06. The maximum Gasteiger partial charge on any atom is 0.298 e. The average Bonchev–Trinajstić information content (AvgIpc) is 2.81. The van der Waals surface area contributed by atoms with Gasteiger partial charge in [0.25, 0.3) is 6.01 Å². The maximum atomic E-state index is 5.80. The number of fused-ring (bicyclic) bond motifs is 1. The number of rotatable bonds is 2. The standard InChI is InChI=1S/C14H20N4O/c1-17(2)11-5-7-18(8-6-11)14-16-12-9-10(15)3-4-13(12)19-14/h3-4,9,11H,5-8,15H2,1-2H3. The highest BCUT2D eigenvalue weighted by atomic mass is 16.4. The van der Waals surface area contributed by atoms with Gasteiger partial charge in [-0.2, -0.15) is 4.98 Å². The maximum absolute atomic E-state index is 5.80. The molecule has 0 amide bonds. The highest BCUT2D eigenvalue weighted by Gasteiger charge is 2.23. The number of oxazole rings is 1. The average molecular weight is 260 g/mol. The van der Waals surface area contributed by atoms with E-state index in [1.54, 1.807) is 0 Å². The smallest absolute Gasteiger partial charge is 0.298 e. The van der Waals surface area contributed by atoms with Gasteiger partial charge in [-0.15, -0.1) is 0 Å². The molecule has 0 saturated carbocycles. The van der Waals surface area contributed by atoms with Crippen LogP contribution in [0.25, 0.3) is 11.1 Å². The van der Waals surface area contributed by atoms with Gasteiger partial charge in [-0.3, -0.25) is 0 Å². The number of nitrogens with zero attached hydrogens (tertiary/aromatic N) is 3. The van der Waals surface area contributed by atoms with Crippen molar-refractivity contribution in [2.24, 2.45) is 0 Å². The molecule has 1 fully saturated rings. The number of hydrogen-bond acceptors (Lipinski definition) is 5. The Morgan fingerprint density at radius 3 is 2.74 bits per heavy atom. The van der Waals surface area contributed by atoms with Gasteiger partial charge in [-0.05, 0) is 45.1 Å². The Hall–Kier alpha value is -1.75. The van der Waals surface area contributed by atoms with Gasteiger partial charge in [0.05, 0.1) is 0 Å². The van der Waals surface area contributed by atoms with Crippen molar-refractivity contribution in [2.75, 3.05) is 37.8 Å². The van der Waals surface area contributed by atoms with E-state index in [1.807, 2.05) is 18.2 Å². The van der Waals surface area contributed by atoms with Gasteiger partial charge in [0.15, 0.2) is 5.58 Å². The lowest BCUT2D eigenvalue weighted by molar-refractivity contribution is 0.247. The van der Waals surface area contributed by atoms with Crippen molar-refractivity contribution in [1.82, 2.24) is 9.88 Å². The van der Waals surface area contributed by atoms with Crippen LogP contribution in [0.4, 0.5) is 11.7 Å². The zero-order chi connectivity index (χ0) is 13.4. The van der Waals surface area contributed by atoms with Gasteiger partial charge < -0.3 is 20.0 Å². The lowest BCUT2D eigenvalue weighted by Crippen LogP contribution is -2.42. The predicted molar refractivity (Wildman–Crippen MR) is 77.3 cm³/mol. The van der Waals surface area contributed by atoms with Crippen molar-refractivity contribution >= 4 is 22.8 Å². The molecule has 2 aromatic rings. The minimum Gasteiger partial charge on any atom is -0.423 e. The van der Waals surface area contributed by atoms with Gasteiger partial charge in [-0.1, -0.05) is 0 Å². The molecular weight excluding hydrogens is 240 g/mol. The molecule has 0 bridgehead atoms. The highest BCUT2D eigenvalue weighted by Crippen LogP contribution is 2.26. The summed E-state index contributed by atoms with van der Waals surface area (Å²) >= 11 is 0. The minimum atomic E-state index is 0.663. The summed E-state index contributed by atoms with van der Waals surface area (Å²) < 4.78 is 5.80. The Balaban J connectivity index is 1.78. The fourth-order valence-electron chi connectivity index (χ4n) is 2.64. The molecule has 0 spiro atoms. The molecule has 1 aliphatic rings. The topological polar surface area (TPSA) is 58.5 Å². The first-order chi connectivity index (χ1) is 9.13. The summed E-state index contributed by atoms with van der Waals surface area (Å²) in [5, 5.41) is 0. The molecule has 0 atom stereocenters. The molecule has 1 saturated heterocycles. The number of aromatic nitrogens is 1. The lowest BCUT2D eigenvalue weighted by Gasteiger charge is -2.34. The molecule has 1 aromatic carbocycles. The largest absolute Gasteiger partial charge is 0.423 e. The second kappa shape index (κ2) is 4.74. The molecule has 5 nitrogen and oxygen atoms in total. The van der Waals surface area contributed by atoms with Gasteiger partial charge in [0.2, 0.25) is 0 Å². The summed E-state index contributed by atoms with van der Waals surface area (Å²) in [5.74, 6) is 0. The lowest BCUT2D eigenvalue weighted by atomic mass is 10.0. The van der Waals surface area contributed by atoms with Crippen LogP contribution < -0.4 is 10.6 Å². The van der Waals surface area contributed by atoms with E-state index in [2.05, 4.69) is 28.9 Å². The zero-order valence-electron chi connectivity index (χ0n) is 11.5. The summed E-state index contributed by atoms with van der Waals surface area (Å²) in [6.45, 7) is 1.98. The number of hydrogen-bond donors (Lipinski definition) is 1. The van der Waals surface area contributed by atoms with E-state index in [1.165, 1.54) is 0 Å². The molecule has 3 rings (SSSR count). The third-order valence-corrected chi connectivity index (χ3v) is 3.87. The van der Waals surface area contributed by atoms with Gasteiger partial charge in [-0.25, -0.2) is 0 Å². The van der Waals surface area contributed by atoms with E-state index in [9.17, 15) is 0 Å². The predicted octanol–water partition coefficient (Wildman–Crippen LogP) is 1.94. The highest BCUT2D eigenvalue weighted by molar-refractivity contribution is 5.78. The molecule has 0 unspecified atom stereocenters. The molecular formula is C14H20N4O. The van der Waals surface area contributed by atoms with Crippen LogP contribution in [0.3, 0.4) is 0 Å². The van der Waals surface area contributed by atoms with E-state index in [0.717, 1.165) is 48.7 Å². The van der Waals surface area contributed by atoms with Crippen LogP contribution in [0.1, 0.15) is 12.8 Å². The molecule has 102 valence electrons. The number of nitrogen functional groups attached to an aromatic ring is 1. The summed E-state index contributed by atoms with van der Waals surface area (Å²) in [7, 11) is 4.28. The fraction of sp³-hybridized carbons (Fsp3) is 0.500. The molecule has 19 heavy (non-hydrogen) atoms. The molecule has 5 heteroatoms. The van der Waals surface area contributed by atoms with Crippen molar-refractivity contribution < 1.29 is 4.42 Å². The van der Waals surface area contributed by atoms with Gasteiger partial charge >= 0.3 is 0 Å². The van der Waals surface area contributed by atoms with Gasteiger partial charge in [0, 0.05) is 24.8 Å². The molecule has 2 heterocycles. The van der Waals surface area contributed by atoms with Crippen molar-refractivity contribution in [2.45, 2.75) is 18.9 Å². The van der Waals surface area contributed by atoms with E-state index >= 15 is 0 Å². The Bertz CT molecular complexity index is 570. The second-order valence-corrected chi connectivity index (χ2v) is 5.41. The van der Waals surface area contributed by atoms with Crippen molar-refractivity contribution in [1.29, 1.82) is 0 Å². The summed E-state index contributed by atoms with van der Waals surface area (Å²) in [6, 6.07) is 6.96. The van der Waals surface area contributed by atoms with Crippen LogP contribution in [0, 0.1) is 0 Å². The van der Waals surface area contributed by atoms with Crippen LogP contribution in [0.15, 0.2) is 22.6 Å². The first-order valence-corrected chi connectivity index (χ1v) is 6.71. The number of nitrogens with two attached hydrogens (primary N) is 1. The van der Waals surface area contributed by atoms with E-state index in [4.69, 9.17) is 10.2 Å². The first-order valence-electron chi connectivity index (χ1n) is 6.71. The zero-order valence-corrected chi connectivity index (χ0v) is 11.5. The monoisotopic (exact) mass is 260 g/mol. The Morgan fingerprint density at radius 1 is 1.32 bits per heavy atom. The first kappa shape index (κ1) is 12.3. The van der Waals surface area contributed by atoms with Crippen LogP contribution >= 0.6 is 0 Å². The van der Waals surface area contributed by atoms with E-state index < -0.39 is 0 Å². The second-order valence-electron chi connectivity index (χ2n) is 5.41. The molecule has 0 aliphatic carbocycles. The quantitative estimate of drug-likeness (QED) is 0.836. The number of piperidine rings is 1. The molecule has 2 N–H and O–H groups in total. The Labute approximate surface area is 113 Å². The third kappa shape index (κ3) is 2.38. The summed E-state index contributed by atoms with van der Waals surface area (Å²) in [5.41, 5.74) is 8.13. The van der Waals surface area contributed by atoms with Crippen LogP contribution in [-0.4, -0.2) is 43.1 Å². The fourth-order valence-corrected chi connectivity index (χ4v) is 2.64.